The Morgan fingerprint density at radius 1 is 1.33 bits per heavy atom. The molecule has 0 amide bonds. The molecule has 3 heteroatoms. The molecule has 0 rings (SSSR count). The summed E-state index contributed by atoms with van der Waals surface area (Å²) in [6.07, 6.45) is 0. The zero-order chi connectivity index (χ0) is 9.56. The SMILES string of the molecule is COCC(C)N[C@H](CO)C(C)C. The summed E-state index contributed by atoms with van der Waals surface area (Å²) in [6, 6.07) is 0.477. The molecule has 0 saturated carbocycles. The number of hydrogen-bond acceptors (Lipinski definition) is 3. The van der Waals surface area contributed by atoms with Crippen LogP contribution in [0.4, 0.5) is 0 Å². The Morgan fingerprint density at radius 2 is 1.92 bits per heavy atom. The lowest BCUT2D eigenvalue weighted by Gasteiger charge is -2.24. The molecule has 0 aliphatic heterocycles. The topological polar surface area (TPSA) is 41.5 Å². The van der Waals surface area contributed by atoms with Gasteiger partial charge in [0.15, 0.2) is 0 Å². The predicted molar refractivity (Wildman–Crippen MR) is 50.2 cm³/mol. The number of aliphatic hydroxyl groups is 1. The average Bonchev–Trinajstić information content (AvgIpc) is 2.00. The van der Waals surface area contributed by atoms with Crippen LogP contribution in [-0.2, 0) is 4.74 Å². The van der Waals surface area contributed by atoms with Gasteiger partial charge in [0, 0.05) is 19.2 Å². The molecular weight excluding hydrogens is 154 g/mol. The summed E-state index contributed by atoms with van der Waals surface area (Å²) in [5.74, 6) is 0.453. The Kier molecular flexibility index (Phi) is 6.34. The highest BCUT2D eigenvalue weighted by molar-refractivity contribution is 4.72. The van der Waals surface area contributed by atoms with Gasteiger partial charge in [0.2, 0.25) is 0 Å². The first-order chi connectivity index (χ1) is 5.61. The van der Waals surface area contributed by atoms with Crippen molar-refractivity contribution in [2.24, 2.45) is 5.92 Å². The number of hydrogen-bond donors (Lipinski definition) is 2. The molecule has 0 saturated heterocycles. The Morgan fingerprint density at radius 3 is 2.25 bits per heavy atom. The average molecular weight is 175 g/mol. The highest BCUT2D eigenvalue weighted by atomic mass is 16.5. The highest BCUT2D eigenvalue weighted by Gasteiger charge is 2.13. The maximum atomic E-state index is 9.01. The van der Waals surface area contributed by atoms with E-state index in [9.17, 15) is 0 Å². The van der Waals surface area contributed by atoms with Crippen LogP contribution in [0.5, 0.6) is 0 Å². The van der Waals surface area contributed by atoms with E-state index in [1.165, 1.54) is 0 Å². The van der Waals surface area contributed by atoms with Gasteiger partial charge in [-0.2, -0.15) is 0 Å². The van der Waals surface area contributed by atoms with E-state index >= 15 is 0 Å². The van der Waals surface area contributed by atoms with E-state index in [0.29, 0.717) is 18.6 Å². The van der Waals surface area contributed by atoms with Crippen LogP contribution in [0, 0.1) is 5.92 Å². The van der Waals surface area contributed by atoms with Gasteiger partial charge in [-0.05, 0) is 12.8 Å². The van der Waals surface area contributed by atoms with Gasteiger partial charge in [-0.3, -0.25) is 0 Å². The predicted octanol–water partition coefficient (Wildman–Crippen LogP) is 0.628. The molecule has 2 N–H and O–H groups in total. The van der Waals surface area contributed by atoms with Gasteiger partial charge >= 0.3 is 0 Å². The second-order valence-electron chi connectivity index (χ2n) is 3.56. The van der Waals surface area contributed by atoms with Crippen molar-refractivity contribution >= 4 is 0 Å². The molecular formula is C9H21NO2. The van der Waals surface area contributed by atoms with Crippen LogP contribution >= 0.6 is 0 Å². The molecule has 0 bridgehead atoms. The van der Waals surface area contributed by atoms with E-state index in [-0.39, 0.29) is 12.6 Å². The fourth-order valence-electron chi connectivity index (χ4n) is 1.12. The van der Waals surface area contributed by atoms with Gasteiger partial charge < -0.3 is 15.2 Å². The summed E-state index contributed by atoms with van der Waals surface area (Å²) >= 11 is 0. The molecule has 0 aliphatic rings. The first-order valence-electron chi connectivity index (χ1n) is 4.47. The van der Waals surface area contributed by atoms with Crippen molar-refractivity contribution in [2.45, 2.75) is 32.9 Å². The van der Waals surface area contributed by atoms with Crippen LogP contribution in [0.15, 0.2) is 0 Å². The van der Waals surface area contributed by atoms with E-state index in [4.69, 9.17) is 9.84 Å². The van der Waals surface area contributed by atoms with Crippen LogP contribution in [0.1, 0.15) is 20.8 Å². The zero-order valence-electron chi connectivity index (χ0n) is 8.50. The van der Waals surface area contributed by atoms with E-state index in [2.05, 4.69) is 26.1 Å². The van der Waals surface area contributed by atoms with Crippen LogP contribution in [0.2, 0.25) is 0 Å². The maximum Gasteiger partial charge on any atom is 0.0613 e. The highest BCUT2D eigenvalue weighted by Crippen LogP contribution is 2.01. The van der Waals surface area contributed by atoms with Crippen molar-refractivity contribution in [1.29, 1.82) is 0 Å². The second kappa shape index (κ2) is 6.40. The molecule has 74 valence electrons. The lowest BCUT2D eigenvalue weighted by atomic mass is 10.0. The molecule has 12 heavy (non-hydrogen) atoms. The van der Waals surface area contributed by atoms with Gasteiger partial charge in [-0.25, -0.2) is 0 Å². The number of methoxy groups -OCH3 is 1. The summed E-state index contributed by atoms with van der Waals surface area (Å²) in [4.78, 5) is 0. The summed E-state index contributed by atoms with van der Waals surface area (Å²) < 4.78 is 4.98. The normalized spacial score (nSPS) is 16.5. The van der Waals surface area contributed by atoms with Crippen LogP contribution < -0.4 is 5.32 Å². The molecule has 0 aromatic heterocycles. The largest absolute Gasteiger partial charge is 0.395 e. The van der Waals surface area contributed by atoms with Crippen LogP contribution in [-0.4, -0.2) is 37.5 Å². The molecule has 2 atom stereocenters. The van der Waals surface area contributed by atoms with Gasteiger partial charge in [-0.1, -0.05) is 13.8 Å². The van der Waals surface area contributed by atoms with E-state index in [0.717, 1.165) is 0 Å². The third-order valence-corrected chi connectivity index (χ3v) is 1.92. The summed E-state index contributed by atoms with van der Waals surface area (Å²) in [5, 5.41) is 12.3. The van der Waals surface area contributed by atoms with Crippen LogP contribution in [0.25, 0.3) is 0 Å². The molecule has 0 aromatic rings. The van der Waals surface area contributed by atoms with E-state index in [1.54, 1.807) is 7.11 Å². The quantitative estimate of drug-likeness (QED) is 0.622. The van der Waals surface area contributed by atoms with Crippen molar-refractivity contribution in [3.63, 3.8) is 0 Å². The molecule has 0 heterocycles. The molecule has 0 aromatic carbocycles. The first kappa shape index (κ1) is 11.9. The Bertz CT molecular complexity index is 107. The standard InChI is InChI=1S/C9H21NO2/c1-7(2)9(5-11)10-8(3)6-12-4/h7-11H,5-6H2,1-4H3/t8?,9-/m1/s1. The fraction of sp³-hybridized carbons (Fsp3) is 1.00. The van der Waals surface area contributed by atoms with Crippen molar-refractivity contribution in [2.75, 3.05) is 20.3 Å². The molecule has 0 aliphatic carbocycles. The summed E-state index contributed by atoms with van der Waals surface area (Å²) in [6.45, 7) is 7.10. The first-order valence-corrected chi connectivity index (χ1v) is 4.47. The number of ether oxygens (including phenoxy) is 1. The van der Waals surface area contributed by atoms with Gasteiger partial charge in [0.1, 0.15) is 0 Å². The smallest absolute Gasteiger partial charge is 0.0613 e. The number of nitrogens with one attached hydrogen (secondary N) is 1. The molecule has 1 unspecified atom stereocenters. The van der Waals surface area contributed by atoms with E-state index in [1.807, 2.05) is 0 Å². The van der Waals surface area contributed by atoms with Crippen molar-refractivity contribution in [1.82, 2.24) is 5.32 Å². The Labute approximate surface area is 75.1 Å². The lowest BCUT2D eigenvalue weighted by Crippen LogP contribution is -2.44. The van der Waals surface area contributed by atoms with E-state index < -0.39 is 0 Å². The Balaban J connectivity index is 3.69. The second-order valence-corrected chi connectivity index (χ2v) is 3.56. The van der Waals surface area contributed by atoms with Gasteiger partial charge in [-0.15, -0.1) is 0 Å². The molecule has 0 spiro atoms. The van der Waals surface area contributed by atoms with Crippen LogP contribution in [0.3, 0.4) is 0 Å². The third kappa shape index (κ3) is 4.70. The fourth-order valence-corrected chi connectivity index (χ4v) is 1.12. The minimum Gasteiger partial charge on any atom is -0.395 e. The maximum absolute atomic E-state index is 9.01. The van der Waals surface area contributed by atoms with Crippen molar-refractivity contribution in [3.8, 4) is 0 Å². The molecule has 3 nitrogen and oxygen atoms in total. The minimum absolute atomic E-state index is 0.176. The number of aliphatic hydroxyl groups excluding tert-OH is 1. The molecule has 0 fully saturated rings. The number of rotatable bonds is 6. The summed E-state index contributed by atoms with van der Waals surface area (Å²) in [5.41, 5.74) is 0. The Hall–Kier alpha value is -0.120. The van der Waals surface area contributed by atoms with Gasteiger partial charge in [0.05, 0.1) is 13.2 Å². The third-order valence-electron chi connectivity index (χ3n) is 1.92. The van der Waals surface area contributed by atoms with Gasteiger partial charge in [0.25, 0.3) is 0 Å². The monoisotopic (exact) mass is 175 g/mol. The lowest BCUT2D eigenvalue weighted by molar-refractivity contribution is 0.143. The molecule has 0 radical (unpaired) electrons. The zero-order valence-corrected chi connectivity index (χ0v) is 8.50. The summed E-state index contributed by atoms with van der Waals surface area (Å²) in [7, 11) is 1.68. The van der Waals surface area contributed by atoms with Crippen molar-refractivity contribution in [3.05, 3.63) is 0 Å². The van der Waals surface area contributed by atoms with Crippen molar-refractivity contribution < 1.29 is 9.84 Å². The minimum atomic E-state index is 0.176.